The molecule has 0 aliphatic rings. The van der Waals surface area contributed by atoms with Crippen LogP contribution in [0.4, 0.5) is 4.39 Å². The number of benzene rings is 1. The normalized spacial score (nSPS) is 11.6. The number of carbonyl (C=O) groups excluding carboxylic acids is 2. The van der Waals surface area contributed by atoms with E-state index in [1.54, 1.807) is 19.1 Å². The molecule has 10 heteroatoms. The summed E-state index contributed by atoms with van der Waals surface area (Å²) in [6.45, 7) is 1.54. The lowest BCUT2D eigenvalue weighted by Crippen LogP contribution is -2.35. The van der Waals surface area contributed by atoms with Crippen LogP contribution in [0.2, 0.25) is 0 Å². The van der Waals surface area contributed by atoms with Crippen molar-refractivity contribution < 1.29 is 23.1 Å². The van der Waals surface area contributed by atoms with Crippen molar-refractivity contribution in [3.63, 3.8) is 0 Å². The van der Waals surface area contributed by atoms with Crippen molar-refractivity contribution >= 4 is 23.6 Å². The average molecular weight is 368 g/mol. The van der Waals surface area contributed by atoms with E-state index in [4.69, 9.17) is 9.15 Å². The molecule has 0 aliphatic heterocycles. The van der Waals surface area contributed by atoms with Gasteiger partial charge in [0.15, 0.2) is 17.7 Å². The first-order valence-corrected chi connectivity index (χ1v) is 8.32. The minimum Gasteiger partial charge on any atom is -0.478 e. The fourth-order valence-corrected chi connectivity index (χ4v) is 2.27. The van der Waals surface area contributed by atoms with Crippen LogP contribution in [0, 0.1) is 5.82 Å². The summed E-state index contributed by atoms with van der Waals surface area (Å²) < 4.78 is 24.4. The Bertz CT molecular complexity index is 740. The number of carbonyl (C=O) groups is 2. The molecule has 0 saturated heterocycles. The summed E-state index contributed by atoms with van der Waals surface area (Å²) in [6.07, 6.45) is -0.652. The fraction of sp³-hybridized carbons (Fsp3) is 0.333. The first kappa shape index (κ1) is 18.7. The Kier molecular flexibility index (Phi) is 6.75. The molecular formula is C15H17FN4O4S. The van der Waals surface area contributed by atoms with Gasteiger partial charge in [0.05, 0.1) is 12.3 Å². The number of ether oxygens (including phenoxy) is 1. The van der Waals surface area contributed by atoms with Gasteiger partial charge in [-0.15, -0.1) is 10.2 Å². The van der Waals surface area contributed by atoms with Gasteiger partial charge < -0.3 is 19.8 Å². The summed E-state index contributed by atoms with van der Waals surface area (Å²) in [6, 6.07) is 5.99. The third-order valence-corrected chi connectivity index (χ3v) is 3.78. The van der Waals surface area contributed by atoms with Gasteiger partial charge in [0, 0.05) is 7.05 Å². The minimum absolute atomic E-state index is 0.0151. The van der Waals surface area contributed by atoms with Crippen molar-refractivity contribution in [2.75, 3.05) is 19.3 Å². The highest BCUT2D eigenvalue weighted by atomic mass is 32.2. The molecule has 1 atom stereocenters. The Morgan fingerprint density at radius 1 is 1.32 bits per heavy atom. The van der Waals surface area contributed by atoms with Crippen LogP contribution in [0.5, 0.6) is 5.75 Å². The van der Waals surface area contributed by atoms with Gasteiger partial charge in [-0.2, -0.15) is 0 Å². The summed E-state index contributed by atoms with van der Waals surface area (Å²) in [5.41, 5.74) is 0. The minimum atomic E-state index is -0.652. The number of para-hydroxylation sites is 1. The van der Waals surface area contributed by atoms with Crippen LogP contribution in [0.3, 0.4) is 0 Å². The van der Waals surface area contributed by atoms with Crippen molar-refractivity contribution in [3.8, 4) is 5.75 Å². The SMILES string of the molecule is CNC(=O)CNC(=O)CSc1nnc([C@@H](C)Oc2ccccc2F)o1. The predicted molar refractivity (Wildman–Crippen MR) is 87.5 cm³/mol. The highest BCUT2D eigenvalue weighted by Gasteiger charge is 2.18. The second-order valence-electron chi connectivity index (χ2n) is 4.84. The lowest BCUT2D eigenvalue weighted by atomic mass is 10.3. The van der Waals surface area contributed by atoms with Crippen molar-refractivity contribution in [2.24, 2.45) is 0 Å². The lowest BCUT2D eigenvalue weighted by molar-refractivity contribution is -0.124. The summed E-state index contributed by atoms with van der Waals surface area (Å²) in [7, 11) is 1.48. The van der Waals surface area contributed by atoms with Crippen LogP contribution in [0.25, 0.3) is 0 Å². The second kappa shape index (κ2) is 9.02. The zero-order chi connectivity index (χ0) is 18.2. The van der Waals surface area contributed by atoms with E-state index in [2.05, 4.69) is 20.8 Å². The maximum atomic E-state index is 13.6. The van der Waals surface area contributed by atoms with Gasteiger partial charge in [0.2, 0.25) is 11.8 Å². The zero-order valence-corrected chi connectivity index (χ0v) is 14.4. The monoisotopic (exact) mass is 368 g/mol. The number of rotatable bonds is 8. The van der Waals surface area contributed by atoms with E-state index in [1.165, 1.54) is 19.2 Å². The zero-order valence-electron chi connectivity index (χ0n) is 13.6. The van der Waals surface area contributed by atoms with E-state index >= 15 is 0 Å². The quantitative estimate of drug-likeness (QED) is 0.677. The van der Waals surface area contributed by atoms with Gasteiger partial charge in [-0.25, -0.2) is 4.39 Å². The highest BCUT2D eigenvalue weighted by Crippen LogP contribution is 2.25. The van der Waals surface area contributed by atoms with Gasteiger partial charge in [-0.3, -0.25) is 9.59 Å². The molecule has 0 bridgehead atoms. The molecule has 1 aromatic carbocycles. The molecule has 0 spiro atoms. The van der Waals surface area contributed by atoms with Gasteiger partial charge in [0.1, 0.15) is 0 Å². The number of amides is 2. The lowest BCUT2D eigenvalue weighted by Gasteiger charge is -2.11. The van der Waals surface area contributed by atoms with Gasteiger partial charge >= 0.3 is 0 Å². The molecule has 0 saturated carbocycles. The third-order valence-electron chi connectivity index (χ3n) is 2.96. The number of hydrogen-bond donors (Lipinski definition) is 2. The summed E-state index contributed by atoms with van der Waals surface area (Å²) >= 11 is 1.02. The number of nitrogens with zero attached hydrogens (tertiary/aromatic N) is 2. The molecule has 0 radical (unpaired) electrons. The van der Waals surface area contributed by atoms with Gasteiger partial charge in [-0.05, 0) is 19.1 Å². The molecular weight excluding hydrogens is 351 g/mol. The Morgan fingerprint density at radius 2 is 2.08 bits per heavy atom. The van der Waals surface area contributed by atoms with E-state index in [-0.39, 0.29) is 41.0 Å². The van der Waals surface area contributed by atoms with Crippen LogP contribution in [0.15, 0.2) is 33.9 Å². The maximum absolute atomic E-state index is 13.6. The number of halogens is 1. The predicted octanol–water partition coefficient (Wildman–Crippen LogP) is 1.30. The number of hydrogen-bond acceptors (Lipinski definition) is 7. The fourth-order valence-electron chi connectivity index (χ4n) is 1.67. The van der Waals surface area contributed by atoms with Crippen LogP contribution in [0.1, 0.15) is 18.9 Å². The van der Waals surface area contributed by atoms with Crippen molar-refractivity contribution in [1.29, 1.82) is 0 Å². The standard InChI is InChI=1S/C15H17FN4O4S/c1-9(23-11-6-4-3-5-10(11)16)14-19-20-15(24-14)25-8-13(22)18-7-12(21)17-2/h3-6,9H,7-8H2,1-2H3,(H,17,21)(H,18,22)/t9-/m1/s1. The van der Waals surface area contributed by atoms with Crippen LogP contribution in [-0.2, 0) is 9.59 Å². The van der Waals surface area contributed by atoms with Gasteiger partial charge in [0.25, 0.3) is 11.1 Å². The summed E-state index contributed by atoms with van der Waals surface area (Å²) in [5, 5.41) is 12.6. The Balaban J connectivity index is 1.84. The molecule has 8 nitrogen and oxygen atoms in total. The van der Waals surface area contributed by atoms with Crippen molar-refractivity contribution in [3.05, 3.63) is 36.0 Å². The van der Waals surface area contributed by atoms with E-state index in [1.807, 2.05) is 0 Å². The van der Waals surface area contributed by atoms with Crippen molar-refractivity contribution in [1.82, 2.24) is 20.8 Å². The molecule has 1 heterocycles. The highest BCUT2D eigenvalue weighted by molar-refractivity contribution is 7.99. The third kappa shape index (κ3) is 5.75. The first-order valence-electron chi connectivity index (χ1n) is 7.34. The molecule has 2 amide bonds. The van der Waals surface area contributed by atoms with Gasteiger partial charge in [-0.1, -0.05) is 23.9 Å². The largest absolute Gasteiger partial charge is 0.478 e. The molecule has 0 aliphatic carbocycles. The number of nitrogens with one attached hydrogen (secondary N) is 2. The summed E-state index contributed by atoms with van der Waals surface area (Å²) in [4.78, 5) is 22.6. The molecule has 2 rings (SSSR count). The number of thioether (sulfide) groups is 1. The van der Waals surface area contributed by atoms with Crippen LogP contribution in [-0.4, -0.2) is 41.4 Å². The molecule has 25 heavy (non-hydrogen) atoms. The van der Waals surface area contributed by atoms with E-state index in [9.17, 15) is 14.0 Å². The Labute approximate surface area is 147 Å². The number of aromatic nitrogens is 2. The van der Waals surface area contributed by atoms with E-state index in [0.717, 1.165) is 11.8 Å². The maximum Gasteiger partial charge on any atom is 0.277 e. The Morgan fingerprint density at radius 3 is 2.80 bits per heavy atom. The summed E-state index contributed by atoms with van der Waals surface area (Å²) in [5.74, 6) is -0.869. The number of likely N-dealkylation sites (N-methyl/N-ethyl adjacent to an activating group) is 1. The smallest absolute Gasteiger partial charge is 0.277 e. The molecule has 134 valence electrons. The molecule has 0 fully saturated rings. The first-order chi connectivity index (χ1) is 12.0. The van der Waals surface area contributed by atoms with E-state index < -0.39 is 11.9 Å². The molecule has 0 unspecified atom stereocenters. The van der Waals surface area contributed by atoms with E-state index in [0.29, 0.717) is 0 Å². The van der Waals surface area contributed by atoms with Crippen molar-refractivity contribution in [2.45, 2.75) is 18.3 Å². The molecule has 2 aromatic rings. The van der Waals surface area contributed by atoms with Crippen LogP contribution < -0.4 is 15.4 Å². The molecule has 2 N–H and O–H groups in total. The topological polar surface area (TPSA) is 106 Å². The molecule has 1 aromatic heterocycles. The van der Waals surface area contributed by atoms with Crippen LogP contribution >= 0.6 is 11.8 Å². The second-order valence-corrected chi connectivity index (χ2v) is 5.76. The average Bonchev–Trinajstić information content (AvgIpc) is 3.09. The Hall–Kier alpha value is -2.62.